The fourth-order valence-corrected chi connectivity index (χ4v) is 1.86. The fraction of sp³-hybridized carbons (Fsp3) is 0.429. The second-order valence-corrected chi connectivity index (χ2v) is 4.57. The molecule has 0 aliphatic carbocycles. The standard InChI is InChI=1S/C14H19N3O2/c1-10(15-9-14-16-11(2)17-19-14)8-12-4-6-13(18-3)7-5-12/h4-7,10,15H,8-9H2,1-3H3. The molecule has 1 aromatic carbocycles. The van der Waals surface area contributed by atoms with Gasteiger partial charge in [-0.1, -0.05) is 17.3 Å². The maximum Gasteiger partial charge on any atom is 0.240 e. The summed E-state index contributed by atoms with van der Waals surface area (Å²) < 4.78 is 10.2. The van der Waals surface area contributed by atoms with Crippen LogP contribution < -0.4 is 10.1 Å². The van der Waals surface area contributed by atoms with Crippen LogP contribution in [-0.2, 0) is 13.0 Å². The lowest BCUT2D eigenvalue weighted by molar-refractivity contribution is 0.356. The molecule has 1 atom stereocenters. The third-order valence-corrected chi connectivity index (χ3v) is 2.87. The third-order valence-electron chi connectivity index (χ3n) is 2.87. The van der Waals surface area contributed by atoms with E-state index in [-0.39, 0.29) is 0 Å². The summed E-state index contributed by atoms with van der Waals surface area (Å²) in [4.78, 5) is 4.16. The fourth-order valence-electron chi connectivity index (χ4n) is 1.86. The van der Waals surface area contributed by atoms with Crippen molar-refractivity contribution in [2.24, 2.45) is 0 Å². The van der Waals surface area contributed by atoms with Gasteiger partial charge >= 0.3 is 0 Å². The highest BCUT2D eigenvalue weighted by atomic mass is 16.5. The predicted molar refractivity (Wildman–Crippen MR) is 72.0 cm³/mol. The Morgan fingerprint density at radius 1 is 1.32 bits per heavy atom. The van der Waals surface area contributed by atoms with Gasteiger partial charge in [-0.3, -0.25) is 0 Å². The Morgan fingerprint density at radius 2 is 2.05 bits per heavy atom. The lowest BCUT2D eigenvalue weighted by Gasteiger charge is -2.12. The average Bonchev–Trinajstić information content (AvgIpc) is 2.83. The van der Waals surface area contributed by atoms with Gasteiger partial charge in [0, 0.05) is 6.04 Å². The zero-order valence-electron chi connectivity index (χ0n) is 11.5. The molecule has 0 aliphatic heterocycles. The highest BCUT2D eigenvalue weighted by molar-refractivity contribution is 5.27. The molecular formula is C14H19N3O2. The van der Waals surface area contributed by atoms with Crippen molar-refractivity contribution in [1.82, 2.24) is 15.5 Å². The first-order chi connectivity index (χ1) is 9.17. The van der Waals surface area contributed by atoms with Gasteiger partial charge < -0.3 is 14.6 Å². The van der Waals surface area contributed by atoms with E-state index in [0.717, 1.165) is 12.2 Å². The molecule has 5 heteroatoms. The van der Waals surface area contributed by atoms with Gasteiger partial charge in [0.15, 0.2) is 5.82 Å². The first-order valence-electron chi connectivity index (χ1n) is 6.33. The zero-order chi connectivity index (χ0) is 13.7. The van der Waals surface area contributed by atoms with E-state index in [2.05, 4.69) is 34.5 Å². The second-order valence-electron chi connectivity index (χ2n) is 4.57. The Labute approximate surface area is 113 Å². The Morgan fingerprint density at radius 3 is 2.63 bits per heavy atom. The number of hydrogen-bond acceptors (Lipinski definition) is 5. The molecule has 2 aromatic rings. The van der Waals surface area contributed by atoms with E-state index in [4.69, 9.17) is 9.26 Å². The molecule has 1 aromatic heterocycles. The normalized spacial score (nSPS) is 12.4. The average molecular weight is 261 g/mol. The van der Waals surface area contributed by atoms with Crippen molar-refractivity contribution in [2.45, 2.75) is 32.9 Å². The molecule has 0 radical (unpaired) electrons. The molecule has 1 N–H and O–H groups in total. The largest absolute Gasteiger partial charge is 0.497 e. The SMILES string of the molecule is COc1ccc(CC(C)NCc2nc(C)no2)cc1. The Bertz CT molecular complexity index is 508. The monoisotopic (exact) mass is 261 g/mol. The van der Waals surface area contributed by atoms with Gasteiger partial charge in [0.2, 0.25) is 5.89 Å². The minimum Gasteiger partial charge on any atom is -0.497 e. The predicted octanol–water partition coefficient (Wildman–Crippen LogP) is 2.11. The summed E-state index contributed by atoms with van der Waals surface area (Å²) in [6, 6.07) is 8.44. The lowest BCUT2D eigenvalue weighted by Crippen LogP contribution is -2.27. The summed E-state index contributed by atoms with van der Waals surface area (Å²) in [5.74, 6) is 2.17. The molecule has 2 rings (SSSR count). The summed E-state index contributed by atoms with van der Waals surface area (Å²) in [6.45, 7) is 4.54. The van der Waals surface area contributed by atoms with E-state index in [1.54, 1.807) is 7.11 Å². The summed E-state index contributed by atoms with van der Waals surface area (Å²) in [6.07, 6.45) is 0.942. The van der Waals surface area contributed by atoms with Crippen LogP contribution in [0.5, 0.6) is 5.75 Å². The molecule has 0 amide bonds. The van der Waals surface area contributed by atoms with E-state index in [0.29, 0.717) is 24.3 Å². The van der Waals surface area contributed by atoms with E-state index in [1.165, 1.54) is 5.56 Å². The molecule has 0 bridgehead atoms. The summed E-state index contributed by atoms with van der Waals surface area (Å²) >= 11 is 0. The molecule has 1 unspecified atom stereocenters. The van der Waals surface area contributed by atoms with Crippen molar-refractivity contribution in [2.75, 3.05) is 7.11 Å². The summed E-state index contributed by atoms with van der Waals surface area (Å²) in [5.41, 5.74) is 1.27. The number of rotatable bonds is 6. The maximum atomic E-state index is 5.14. The third kappa shape index (κ3) is 4.06. The highest BCUT2D eigenvalue weighted by Crippen LogP contribution is 2.12. The smallest absolute Gasteiger partial charge is 0.240 e. The number of nitrogens with zero attached hydrogens (tertiary/aromatic N) is 2. The lowest BCUT2D eigenvalue weighted by atomic mass is 10.1. The second kappa shape index (κ2) is 6.33. The van der Waals surface area contributed by atoms with E-state index in [9.17, 15) is 0 Å². The molecule has 0 saturated carbocycles. The van der Waals surface area contributed by atoms with E-state index in [1.807, 2.05) is 19.1 Å². The molecule has 1 heterocycles. The molecule has 0 spiro atoms. The van der Waals surface area contributed by atoms with Crippen LogP contribution in [0.1, 0.15) is 24.2 Å². The summed E-state index contributed by atoms with van der Waals surface area (Å²) in [7, 11) is 1.67. The van der Waals surface area contributed by atoms with Gasteiger partial charge in [0.05, 0.1) is 13.7 Å². The number of aromatic nitrogens is 2. The minimum atomic E-state index is 0.334. The number of methoxy groups -OCH3 is 1. The Hall–Kier alpha value is -1.88. The minimum absolute atomic E-state index is 0.334. The molecule has 0 aliphatic rings. The number of ether oxygens (including phenoxy) is 1. The van der Waals surface area contributed by atoms with Crippen molar-refractivity contribution < 1.29 is 9.26 Å². The number of hydrogen-bond donors (Lipinski definition) is 1. The molecular weight excluding hydrogens is 242 g/mol. The topological polar surface area (TPSA) is 60.2 Å². The van der Waals surface area contributed by atoms with Gasteiger partial charge in [-0.15, -0.1) is 0 Å². The van der Waals surface area contributed by atoms with Crippen LogP contribution in [0.3, 0.4) is 0 Å². The molecule has 19 heavy (non-hydrogen) atoms. The van der Waals surface area contributed by atoms with Crippen molar-refractivity contribution >= 4 is 0 Å². The first-order valence-corrected chi connectivity index (χ1v) is 6.33. The van der Waals surface area contributed by atoms with Crippen LogP contribution in [0, 0.1) is 6.92 Å². The number of aryl methyl sites for hydroxylation is 1. The highest BCUT2D eigenvalue weighted by Gasteiger charge is 2.07. The van der Waals surface area contributed by atoms with Crippen LogP contribution in [0.2, 0.25) is 0 Å². The number of nitrogens with one attached hydrogen (secondary N) is 1. The van der Waals surface area contributed by atoms with Crippen molar-refractivity contribution in [3.05, 3.63) is 41.5 Å². The van der Waals surface area contributed by atoms with Crippen molar-refractivity contribution in [3.8, 4) is 5.75 Å². The van der Waals surface area contributed by atoms with E-state index >= 15 is 0 Å². The van der Waals surface area contributed by atoms with Crippen LogP contribution in [0.15, 0.2) is 28.8 Å². The van der Waals surface area contributed by atoms with Gasteiger partial charge in [-0.05, 0) is 38.0 Å². The van der Waals surface area contributed by atoms with Gasteiger partial charge in [-0.25, -0.2) is 0 Å². The van der Waals surface area contributed by atoms with Crippen molar-refractivity contribution in [3.63, 3.8) is 0 Å². The van der Waals surface area contributed by atoms with E-state index < -0.39 is 0 Å². The maximum absolute atomic E-state index is 5.14. The Balaban J connectivity index is 1.81. The summed E-state index contributed by atoms with van der Waals surface area (Å²) in [5, 5.41) is 7.12. The molecule has 0 fully saturated rings. The van der Waals surface area contributed by atoms with Gasteiger partial charge in [-0.2, -0.15) is 4.98 Å². The number of benzene rings is 1. The Kier molecular flexibility index (Phi) is 4.52. The quantitative estimate of drug-likeness (QED) is 0.863. The zero-order valence-corrected chi connectivity index (χ0v) is 11.5. The van der Waals surface area contributed by atoms with Crippen LogP contribution in [-0.4, -0.2) is 23.3 Å². The first kappa shape index (κ1) is 13.5. The van der Waals surface area contributed by atoms with Crippen LogP contribution in [0.25, 0.3) is 0 Å². The molecule has 0 saturated heterocycles. The molecule has 102 valence electrons. The van der Waals surface area contributed by atoms with Crippen LogP contribution in [0.4, 0.5) is 0 Å². The molecule has 5 nitrogen and oxygen atoms in total. The van der Waals surface area contributed by atoms with Crippen molar-refractivity contribution in [1.29, 1.82) is 0 Å². The van der Waals surface area contributed by atoms with Gasteiger partial charge in [0.25, 0.3) is 0 Å². The van der Waals surface area contributed by atoms with Crippen LogP contribution >= 0.6 is 0 Å². The van der Waals surface area contributed by atoms with Gasteiger partial charge in [0.1, 0.15) is 5.75 Å².